The summed E-state index contributed by atoms with van der Waals surface area (Å²) in [4.78, 5) is 0. The highest BCUT2D eigenvalue weighted by Gasteiger charge is 2.36. The molecule has 1 saturated carbocycles. The predicted octanol–water partition coefficient (Wildman–Crippen LogP) is 2.76. The molecule has 1 fully saturated rings. The van der Waals surface area contributed by atoms with E-state index in [1.807, 2.05) is 12.1 Å². The summed E-state index contributed by atoms with van der Waals surface area (Å²) in [5.74, 6) is 0.853. The van der Waals surface area contributed by atoms with E-state index >= 15 is 0 Å². The van der Waals surface area contributed by atoms with Crippen LogP contribution in [0.3, 0.4) is 0 Å². The van der Waals surface area contributed by atoms with Crippen molar-refractivity contribution in [2.24, 2.45) is 5.41 Å². The topological polar surface area (TPSA) is 41.5 Å². The molecule has 0 radical (unpaired) electrons. The minimum Gasteiger partial charge on any atom is -0.504 e. The molecule has 86 valence electrons. The van der Waals surface area contributed by atoms with Gasteiger partial charge in [-0.25, -0.2) is 0 Å². The molecule has 1 spiro atoms. The van der Waals surface area contributed by atoms with Gasteiger partial charge in [0, 0.05) is 12.0 Å². The van der Waals surface area contributed by atoms with Crippen LogP contribution in [0.5, 0.6) is 11.5 Å². The summed E-state index contributed by atoms with van der Waals surface area (Å²) in [7, 11) is 0. The Labute approximate surface area is 95.4 Å². The van der Waals surface area contributed by atoms with Crippen molar-refractivity contribution in [2.45, 2.75) is 25.7 Å². The summed E-state index contributed by atoms with van der Waals surface area (Å²) in [6, 6.07) is 5.48. The summed E-state index contributed by atoms with van der Waals surface area (Å²) in [5, 5.41) is 13.2. The zero-order chi connectivity index (χ0) is 11.0. The third kappa shape index (κ3) is 1.51. The van der Waals surface area contributed by atoms with Gasteiger partial charge in [-0.05, 0) is 25.0 Å². The number of phenols is 1. The van der Waals surface area contributed by atoms with E-state index in [9.17, 15) is 5.11 Å². The molecule has 0 saturated heterocycles. The van der Waals surface area contributed by atoms with Crippen LogP contribution in [0, 0.1) is 5.41 Å². The van der Waals surface area contributed by atoms with Crippen LogP contribution in [-0.2, 0) is 0 Å². The lowest BCUT2D eigenvalue weighted by Crippen LogP contribution is -2.30. The third-order valence-electron chi connectivity index (χ3n) is 3.83. The molecular formula is C13H17NO2. The van der Waals surface area contributed by atoms with Gasteiger partial charge in [0.25, 0.3) is 0 Å². The van der Waals surface area contributed by atoms with Crippen LogP contribution in [0.4, 0.5) is 5.69 Å². The number of hydrogen-bond donors (Lipinski definition) is 2. The number of fused-ring (bicyclic) bond motifs is 1. The number of aromatic hydroxyl groups is 1. The lowest BCUT2D eigenvalue weighted by molar-refractivity contribution is 0.165. The van der Waals surface area contributed by atoms with Crippen LogP contribution in [0.1, 0.15) is 25.7 Å². The summed E-state index contributed by atoms with van der Waals surface area (Å²) in [5.41, 5.74) is 1.20. The molecular weight excluding hydrogens is 202 g/mol. The van der Waals surface area contributed by atoms with Gasteiger partial charge in [0.15, 0.2) is 11.5 Å². The second-order valence-corrected chi connectivity index (χ2v) is 5.00. The number of rotatable bonds is 0. The quantitative estimate of drug-likeness (QED) is 0.705. The van der Waals surface area contributed by atoms with Crippen LogP contribution >= 0.6 is 0 Å². The summed E-state index contributed by atoms with van der Waals surface area (Å²) >= 11 is 0. The second-order valence-electron chi connectivity index (χ2n) is 5.00. The molecule has 2 N–H and O–H groups in total. The van der Waals surface area contributed by atoms with Crippen molar-refractivity contribution in [3.8, 4) is 11.5 Å². The Morgan fingerprint density at radius 3 is 2.88 bits per heavy atom. The van der Waals surface area contributed by atoms with Gasteiger partial charge in [0.05, 0.1) is 12.3 Å². The molecule has 1 aliphatic heterocycles. The van der Waals surface area contributed by atoms with E-state index in [1.54, 1.807) is 6.07 Å². The van der Waals surface area contributed by atoms with E-state index < -0.39 is 0 Å². The first-order valence-corrected chi connectivity index (χ1v) is 5.98. The first kappa shape index (κ1) is 9.82. The van der Waals surface area contributed by atoms with Crippen molar-refractivity contribution in [2.75, 3.05) is 18.5 Å². The largest absolute Gasteiger partial charge is 0.504 e. The number of para-hydroxylation sites is 1. The molecule has 0 aromatic heterocycles. The van der Waals surface area contributed by atoms with Crippen molar-refractivity contribution in [1.29, 1.82) is 0 Å². The number of phenolic OH excluding ortho intramolecular Hbond substituents is 1. The average molecular weight is 219 g/mol. The van der Waals surface area contributed by atoms with Crippen LogP contribution in [-0.4, -0.2) is 18.3 Å². The van der Waals surface area contributed by atoms with E-state index in [0.717, 1.165) is 18.8 Å². The standard InChI is InChI=1S/C13H17NO2/c15-11-5-3-4-10-12(11)16-9-13(8-14-10)6-1-2-7-13/h3-5,14-15H,1-2,6-9H2. The first-order chi connectivity index (χ1) is 7.79. The van der Waals surface area contributed by atoms with Crippen LogP contribution in [0.2, 0.25) is 0 Å². The van der Waals surface area contributed by atoms with E-state index in [0.29, 0.717) is 5.75 Å². The van der Waals surface area contributed by atoms with Crippen LogP contribution in [0.25, 0.3) is 0 Å². The Balaban J connectivity index is 1.89. The Morgan fingerprint density at radius 1 is 1.25 bits per heavy atom. The molecule has 0 atom stereocenters. The van der Waals surface area contributed by atoms with E-state index in [-0.39, 0.29) is 11.2 Å². The van der Waals surface area contributed by atoms with Gasteiger partial charge >= 0.3 is 0 Å². The lowest BCUT2D eigenvalue weighted by atomic mass is 9.87. The van der Waals surface area contributed by atoms with Crippen LogP contribution in [0.15, 0.2) is 18.2 Å². The van der Waals surface area contributed by atoms with Crippen molar-refractivity contribution in [3.05, 3.63) is 18.2 Å². The highest BCUT2D eigenvalue weighted by Crippen LogP contribution is 2.44. The highest BCUT2D eigenvalue weighted by atomic mass is 16.5. The van der Waals surface area contributed by atoms with Crippen molar-refractivity contribution in [3.63, 3.8) is 0 Å². The molecule has 2 aliphatic rings. The fourth-order valence-corrected chi connectivity index (χ4v) is 2.82. The zero-order valence-electron chi connectivity index (χ0n) is 9.33. The summed E-state index contributed by atoms with van der Waals surface area (Å²) in [6.45, 7) is 1.69. The van der Waals surface area contributed by atoms with Crippen LogP contribution < -0.4 is 10.1 Å². The monoisotopic (exact) mass is 219 g/mol. The maximum atomic E-state index is 9.75. The Kier molecular flexibility index (Phi) is 2.20. The molecule has 1 heterocycles. The number of ether oxygens (including phenoxy) is 1. The van der Waals surface area contributed by atoms with Gasteiger partial charge in [-0.15, -0.1) is 0 Å². The molecule has 3 rings (SSSR count). The number of anilines is 1. The minimum atomic E-state index is 0.236. The SMILES string of the molecule is Oc1cccc2c1OCC1(CCCC1)CN2. The zero-order valence-corrected chi connectivity index (χ0v) is 9.33. The first-order valence-electron chi connectivity index (χ1n) is 5.98. The third-order valence-corrected chi connectivity index (χ3v) is 3.83. The van der Waals surface area contributed by atoms with Gasteiger partial charge < -0.3 is 15.2 Å². The van der Waals surface area contributed by atoms with Crippen molar-refractivity contribution >= 4 is 5.69 Å². The normalized spacial score (nSPS) is 22.0. The molecule has 3 nitrogen and oxygen atoms in total. The van der Waals surface area contributed by atoms with Crippen molar-refractivity contribution in [1.82, 2.24) is 0 Å². The molecule has 0 bridgehead atoms. The van der Waals surface area contributed by atoms with E-state index in [4.69, 9.17) is 4.74 Å². The van der Waals surface area contributed by atoms with E-state index in [2.05, 4.69) is 5.32 Å². The second kappa shape index (κ2) is 3.58. The Hall–Kier alpha value is -1.38. The summed E-state index contributed by atoms with van der Waals surface area (Å²) < 4.78 is 5.80. The van der Waals surface area contributed by atoms with Gasteiger partial charge in [0.2, 0.25) is 0 Å². The molecule has 0 amide bonds. The predicted molar refractivity (Wildman–Crippen MR) is 63.0 cm³/mol. The van der Waals surface area contributed by atoms with Gasteiger partial charge in [0.1, 0.15) is 0 Å². The molecule has 1 aromatic carbocycles. The molecule has 1 aromatic rings. The minimum absolute atomic E-state index is 0.236. The Morgan fingerprint density at radius 2 is 2.06 bits per heavy atom. The van der Waals surface area contributed by atoms with Crippen molar-refractivity contribution < 1.29 is 9.84 Å². The molecule has 1 aliphatic carbocycles. The maximum Gasteiger partial charge on any atom is 0.184 e. The molecule has 16 heavy (non-hydrogen) atoms. The maximum absolute atomic E-state index is 9.75. The van der Waals surface area contributed by atoms with Gasteiger partial charge in [-0.3, -0.25) is 0 Å². The lowest BCUT2D eigenvalue weighted by Gasteiger charge is -2.25. The number of nitrogens with one attached hydrogen (secondary N) is 1. The highest BCUT2D eigenvalue weighted by molar-refractivity contribution is 5.63. The van der Waals surface area contributed by atoms with Gasteiger partial charge in [-0.2, -0.15) is 0 Å². The Bertz CT molecular complexity index is 397. The summed E-state index contributed by atoms with van der Waals surface area (Å²) in [6.07, 6.45) is 5.06. The average Bonchev–Trinajstić information content (AvgIpc) is 2.65. The fraction of sp³-hybridized carbons (Fsp3) is 0.538. The number of hydrogen-bond acceptors (Lipinski definition) is 3. The fourth-order valence-electron chi connectivity index (χ4n) is 2.82. The smallest absolute Gasteiger partial charge is 0.184 e. The van der Waals surface area contributed by atoms with E-state index in [1.165, 1.54) is 25.7 Å². The molecule has 0 unspecified atom stereocenters. The molecule has 3 heteroatoms. The van der Waals surface area contributed by atoms with Gasteiger partial charge in [-0.1, -0.05) is 18.9 Å². The number of benzene rings is 1.